The molecule has 0 bridgehead atoms. The van der Waals surface area contributed by atoms with E-state index in [1.807, 2.05) is 28.8 Å². The summed E-state index contributed by atoms with van der Waals surface area (Å²) in [6.45, 7) is 0.747. The lowest BCUT2D eigenvalue weighted by molar-refractivity contribution is 0.789. The zero-order valence-electron chi connectivity index (χ0n) is 8.06. The maximum Gasteiger partial charge on any atom is 0.181 e. The minimum atomic E-state index is 0.0300. The van der Waals surface area contributed by atoms with E-state index in [1.165, 1.54) is 0 Å². The molecule has 15 heavy (non-hydrogen) atoms. The lowest BCUT2D eigenvalue weighted by atomic mass is 10.2. The van der Waals surface area contributed by atoms with Crippen molar-refractivity contribution in [1.82, 2.24) is 4.57 Å². The smallest absolute Gasteiger partial charge is 0.181 e. The number of hydrogen-bond acceptors (Lipinski definition) is 1. The summed E-state index contributed by atoms with van der Waals surface area (Å²) in [6, 6.07) is 10.8. The second kappa shape index (κ2) is 4.32. The largest absolute Gasteiger partial charge is 0.350 e. The predicted octanol–water partition coefficient (Wildman–Crippen LogP) is 2.55. The Bertz CT molecular complexity index is 481. The molecule has 2 rings (SSSR count). The molecule has 0 radical (unpaired) electrons. The highest BCUT2D eigenvalue weighted by Gasteiger charge is 1.93. The van der Waals surface area contributed by atoms with Gasteiger partial charge in [-0.1, -0.05) is 23.7 Å². The predicted molar refractivity (Wildman–Crippen MR) is 61.3 cm³/mol. The maximum absolute atomic E-state index is 10.9. The van der Waals surface area contributed by atoms with Gasteiger partial charge in [-0.15, -0.1) is 0 Å². The van der Waals surface area contributed by atoms with Crippen LogP contribution in [0, 0.1) is 0 Å². The van der Waals surface area contributed by atoms with Crippen molar-refractivity contribution in [2.24, 2.45) is 0 Å². The van der Waals surface area contributed by atoms with Crippen LogP contribution in [0.4, 0.5) is 0 Å². The van der Waals surface area contributed by atoms with E-state index in [-0.39, 0.29) is 5.43 Å². The first kappa shape index (κ1) is 9.99. The molecule has 0 fully saturated rings. The van der Waals surface area contributed by atoms with Crippen molar-refractivity contribution in [2.45, 2.75) is 6.54 Å². The maximum atomic E-state index is 10.9. The van der Waals surface area contributed by atoms with Gasteiger partial charge in [0, 0.05) is 36.1 Å². The molecule has 0 atom stereocenters. The molecule has 3 heteroatoms. The van der Waals surface area contributed by atoms with Crippen LogP contribution in [0.3, 0.4) is 0 Å². The fourth-order valence-electron chi connectivity index (χ4n) is 1.35. The van der Waals surface area contributed by atoms with Gasteiger partial charge in [0.1, 0.15) is 0 Å². The topological polar surface area (TPSA) is 22.0 Å². The molecule has 0 saturated heterocycles. The van der Waals surface area contributed by atoms with Gasteiger partial charge in [-0.25, -0.2) is 0 Å². The first-order valence-corrected chi connectivity index (χ1v) is 5.02. The monoisotopic (exact) mass is 219 g/mol. The summed E-state index contributed by atoms with van der Waals surface area (Å²) in [6.07, 6.45) is 3.55. The van der Waals surface area contributed by atoms with Crippen LogP contribution in [0.5, 0.6) is 0 Å². The Balaban J connectivity index is 2.18. The second-order valence-corrected chi connectivity index (χ2v) is 3.77. The van der Waals surface area contributed by atoms with Gasteiger partial charge in [-0.2, -0.15) is 0 Å². The normalized spacial score (nSPS) is 10.2. The first-order valence-electron chi connectivity index (χ1n) is 4.64. The molecule has 0 aliphatic heterocycles. The van der Waals surface area contributed by atoms with Crippen LogP contribution in [0.1, 0.15) is 5.56 Å². The van der Waals surface area contributed by atoms with Crippen molar-refractivity contribution < 1.29 is 0 Å². The van der Waals surface area contributed by atoms with E-state index in [9.17, 15) is 4.79 Å². The van der Waals surface area contributed by atoms with E-state index < -0.39 is 0 Å². The molecule has 0 N–H and O–H groups in total. The third-order valence-electron chi connectivity index (χ3n) is 2.14. The average Bonchev–Trinajstić information content (AvgIpc) is 2.25. The highest BCUT2D eigenvalue weighted by atomic mass is 35.5. The number of halogens is 1. The number of benzene rings is 1. The molecular formula is C12H10ClNO. The summed E-state index contributed by atoms with van der Waals surface area (Å²) in [5.74, 6) is 0. The van der Waals surface area contributed by atoms with Crippen LogP contribution in [-0.2, 0) is 6.54 Å². The van der Waals surface area contributed by atoms with Gasteiger partial charge >= 0.3 is 0 Å². The number of aromatic nitrogens is 1. The lowest BCUT2D eigenvalue weighted by Crippen LogP contribution is -2.04. The Kier molecular flexibility index (Phi) is 2.88. The molecule has 0 amide bonds. The molecule has 2 aromatic rings. The van der Waals surface area contributed by atoms with Crippen molar-refractivity contribution in [1.29, 1.82) is 0 Å². The van der Waals surface area contributed by atoms with Crippen LogP contribution < -0.4 is 5.43 Å². The lowest BCUT2D eigenvalue weighted by Gasteiger charge is -2.05. The van der Waals surface area contributed by atoms with Gasteiger partial charge in [-0.05, 0) is 17.7 Å². The second-order valence-electron chi connectivity index (χ2n) is 3.33. The number of pyridine rings is 1. The summed E-state index contributed by atoms with van der Waals surface area (Å²) in [5.41, 5.74) is 1.19. The van der Waals surface area contributed by atoms with Gasteiger partial charge < -0.3 is 4.57 Å². The molecule has 76 valence electrons. The molecule has 0 aliphatic rings. The third-order valence-corrected chi connectivity index (χ3v) is 2.39. The minimum absolute atomic E-state index is 0.0300. The molecular weight excluding hydrogens is 210 g/mol. The molecule has 0 saturated carbocycles. The van der Waals surface area contributed by atoms with Gasteiger partial charge in [0.15, 0.2) is 5.43 Å². The zero-order valence-corrected chi connectivity index (χ0v) is 8.82. The number of rotatable bonds is 2. The van der Waals surface area contributed by atoms with Crippen molar-refractivity contribution >= 4 is 11.6 Å². The van der Waals surface area contributed by atoms with Crippen LogP contribution in [0.25, 0.3) is 0 Å². The quantitative estimate of drug-likeness (QED) is 0.761. The highest BCUT2D eigenvalue weighted by molar-refractivity contribution is 6.30. The number of nitrogens with zero attached hydrogens (tertiary/aromatic N) is 1. The standard InChI is InChI=1S/C12H10ClNO/c13-11-3-1-10(2-4-11)9-14-7-5-12(15)6-8-14/h1-8H,9H2. The Morgan fingerprint density at radius 3 is 2.20 bits per heavy atom. The van der Waals surface area contributed by atoms with Crippen LogP contribution >= 0.6 is 11.6 Å². The molecule has 1 heterocycles. The Labute approximate surface area is 92.7 Å². The first-order chi connectivity index (χ1) is 7.24. The van der Waals surface area contributed by atoms with Crippen LogP contribution in [0.2, 0.25) is 5.02 Å². The van der Waals surface area contributed by atoms with Crippen molar-refractivity contribution in [2.75, 3.05) is 0 Å². The van der Waals surface area contributed by atoms with E-state index in [0.29, 0.717) is 0 Å². The number of hydrogen-bond donors (Lipinski definition) is 0. The Hall–Kier alpha value is -1.54. The molecule has 0 aliphatic carbocycles. The van der Waals surface area contributed by atoms with E-state index in [4.69, 9.17) is 11.6 Å². The van der Waals surface area contributed by atoms with Crippen molar-refractivity contribution in [3.63, 3.8) is 0 Å². The summed E-state index contributed by atoms with van der Waals surface area (Å²) in [4.78, 5) is 10.9. The fraction of sp³-hybridized carbons (Fsp3) is 0.0833. The zero-order chi connectivity index (χ0) is 10.7. The van der Waals surface area contributed by atoms with Crippen molar-refractivity contribution in [3.05, 3.63) is 69.6 Å². The molecule has 0 unspecified atom stereocenters. The summed E-state index contributed by atoms with van der Waals surface area (Å²) in [7, 11) is 0. The van der Waals surface area contributed by atoms with E-state index in [1.54, 1.807) is 24.5 Å². The SMILES string of the molecule is O=c1ccn(Cc2ccc(Cl)cc2)cc1. The average molecular weight is 220 g/mol. The minimum Gasteiger partial charge on any atom is -0.350 e. The fourth-order valence-corrected chi connectivity index (χ4v) is 1.48. The van der Waals surface area contributed by atoms with Crippen molar-refractivity contribution in [3.8, 4) is 0 Å². The third kappa shape index (κ3) is 2.70. The van der Waals surface area contributed by atoms with Crippen LogP contribution in [0.15, 0.2) is 53.6 Å². The van der Waals surface area contributed by atoms with E-state index >= 15 is 0 Å². The van der Waals surface area contributed by atoms with Gasteiger partial charge in [-0.3, -0.25) is 4.79 Å². The summed E-state index contributed by atoms with van der Waals surface area (Å²) in [5, 5.41) is 0.735. The van der Waals surface area contributed by atoms with Crippen LogP contribution in [-0.4, -0.2) is 4.57 Å². The van der Waals surface area contributed by atoms with Gasteiger partial charge in [0.25, 0.3) is 0 Å². The summed E-state index contributed by atoms with van der Waals surface area (Å²) < 4.78 is 1.95. The molecule has 1 aromatic heterocycles. The van der Waals surface area contributed by atoms with Gasteiger partial charge in [0.2, 0.25) is 0 Å². The van der Waals surface area contributed by atoms with E-state index in [0.717, 1.165) is 17.1 Å². The van der Waals surface area contributed by atoms with Gasteiger partial charge in [0.05, 0.1) is 0 Å². The summed E-state index contributed by atoms with van der Waals surface area (Å²) >= 11 is 5.79. The highest BCUT2D eigenvalue weighted by Crippen LogP contribution is 2.10. The molecule has 1 aromatic carbocycles. The molecule has 2 nitrogen and oxygen atoms in total. The van der Waals surface area contributed by atoms with E-state index in [2.05, 4.69) is 0 Å². The molecule has 0 spiro atoms. The Morgan fingerprint density at radius 2 is 1.60 bits per heavy atom. The Morgan fingerprint density at radius 1 is 1.00 bits per heavy atom.